The maximum atomic E-state index is 10.9. The summed E-state index contributed by atoms with van der Waals surface area (Å²) in [6.07, 6.45) is 33.2. The highest BCUT2D eigenvalue weighted by Gasteiger charge is 2.10. The molecule has 3 nitrogen and oxygen atoms in total. The van der Waals surface area contributed by atoms with E-state index in [0.717, 1.165) is 63.3 Å². The van der Waals surface area contributed by atoms with Gasteiger partial charge in [-0.05, 0) is 115 Å². The van der Waals surface area contributed by atoms with Crippen LogP contribution in [0, 0.1) is 25.7 Å². The Hall–Kier alpha value is -2.23. The summed E-state index contributed by atoms with van der Waals surface area (Å²) >= 11 is 0. The van der Waals surface area contributed by atoms with Crippen molar-refractivity contribution >= 4 is 5.78 Å². The van der Waals surface area contributed by atoms with Crippen LogP contribution >= 0.6 is 0 Å². The van der Waals surface area contributed by atoms with Gasteiger partial charge in [0.2, 0.25) is 0 Å². The second-order valence-electron chi connectivity index (χ2n) is 16.3. The number of methoxy groups -OCH3 is 1. The van der Waals surface area contributed by atoms with Crippen LogP contribution < -0.4 is 5.32 Å². The van der Waals surface area contributed by atoms with E-state index in [1.807, 2.05) is 20.2 Å². The summed E-state index contributed by atoms with van der Waals surface area (Å²) in [5.74, 6) is 2.09. The summed E-state index contributed by atoms with van der Waals surface area (Å²) in [5.41, 5.74) is 5.44. The predicted molar refractivity (Wildman–Crippen MR) is 241 cm³/mol. The Balaban J connectivity index is 0.000000792. The molecule has 1 N–H and O–H groups in total. The van der Waals surface area contributed by atoms with Crippen LogP contribution in [0.2, 0.25) is 0 Å². The minimum absolute atomic E-state index is 0.324. The molecule has 0 bridgehead atoms. The van der Waals surface area contributed by atoms with Gasteiger partial charge in [-0.3, -0.25) is 0 Å². The Kier molecular flexibility index (Phi) is 36.1. The number of Topliss-reactive ketones (excluding diaryl/α,β-unsaturated/α-hetero) is 1. The molecule has 0 heterocycles. The van der Waals surface area contributed by atoms with E-state index in [2.05, 4.69) is 95.0 Å². The number of rotatable bonds is 31. The van der Waals surface area contributed by atoms with Crippen LogP contribution in [-0.2, 0) is 22.4 Å². The van der Waals surface area contributed by atoms with Gasteiger partial charge in [0.1, 0.15) is 5.78 Å². The Labute approximate surface area is 337 Å². The first-order valence-corrected chi connectivity index (χ1v) is 22.6. The fourth-order valence-electron chi connectivity index (χ4n) is 7.07. The molecule has 0 aliphatic carbocycles. The van der Waals surface area contributed by atoms with Gasteiger partial charge in [-0.2, -0.15) is 0 Å². The van der Waals surface area contributed by atoms with Gasteiger partial charge in [-0.15, -0.1) is 6.58 Å². The van der Waals surface area contributed by atoms with Crippen LogP contribution in [0.4, 0.5) is 0 Å². The third kappa shape index (κ3) is 33.1. The third-order valence-electron chi connectivity index (χ3n) is 10.9. The zero-order valence-electron chi connectivity index (χ0n) is 37.1. The van der Waals surface area contributed by atoms with Gasteiger partial charge >= 0.3 is 0 Å². The van der Waals surface area contributed by atoms with Crippen molar-refractivity contribution in [3.05, 3.63) is 83.4 Å². The highest BCUT2D eigenvalue weighted by atomic mass is 16.5. The predicted octanol–water partition coefficient (Wildman–Crippen LogP) is 14.9. The second kappa shape index (κ2) is 37.7. The maximum Gasteiger partial charge on any atom is 0.129 e. The molecule has 3 heteroatoms. The minimum atomic E-state index is 0.324. The first-order chi connectivity index (χ1) is 26.2. The Morgan fingerprint density at radius 2 is 1.13 bits per heavy atom. The van der Waals surface area contributed by atoms with Gasteiger partial charge in [0, 0.05) is 13.5 Å². The average molecular weight is 748 g/mol. The number of carbonyl (C=O) groups excluding carboxylic acids is 1. The van der Waals surface area contributed by atoms with E-state index in [9.17, 15) is 4.79 Å². The molecule has 1 atom stereocenters. The van der Waals surface area contributed by atoms with Crippen LogP contribution in [-0.4, -0.2) is 32.6 Å². The molecule has 0 aromatic heterocycles. The lowest BCUT2D eigenvalue weighted by atomic mass is 9.91. The largest absolute Gasteiger partial charge is 0.381 e. The standard InChI is InChI=1S/C20H26O.C16H34.C15H29NO/c1-16-4-8-18(9-5-16)12-14-20(21-3)15-13-19-10-6-17(2)7-11-19;1-4-6-8-10-12-14-16(3)15-13-11-9-7-5-2;1-4-5-6-10-15(12-8-13-16-3)11-7-9-14(2)17/h4-11,20H,12-15H2,1-3H3;16H,4-15H2,1-3H3;4,15-16H,1,5-13H2,2-3H3. The number of hydrogen-bond donors (Lipinski definition) is 1. The SMILES string of the molecule is C=CCCCC(CCCNC)CCCC(C)=O.CCCCCCCC(C)CCCCCCC.COC(CCc1ccc(C)cc1)CCc1ccc(C)cc1. The Morgan fingerprint density at radius 1 is 0.667 bits per heavy atom. The van der Waals surface area contributed by atoms with E-state index in [4.69, 9.17) is 4.74 Å². The average Bonchev–Trinajstić information content (AvgIpc) is 3.16. The number of nitrogens with one attached hydrogen (secondary N) is 1. The lowest BCUT2D eigenvalue weighted by Gasteiger charge is -2.16. The third-order valence-corrected chi connectivity index (χ3v) is 10.9. The lowest BCUT2D eigenvalue weighted by Crippen LogP contribution is -2.13. The van der Waals surface area contributed by atoms with Crippen LogP contribution in [0.5, 0.6) is 0 Å². The molecule has 0 fully saturated rings. The molecular weight excluding hydrogens is 659 g/mol. The molecule has 0 aliphatic heterocycles. The molecular formula is C51H89NO2. The molecule has 0 aliphatic rings. The molecule has 1 unspecified atom stereocenters. The van der Waals surface area contributed by atoms with E-state index >= 15 is 0 Å². The lowest BCUT2D eigenvalue weighted by molar-refractivity contribution is -0.117. The normalized spacial score (nSPS) is 11.5. The van der Waals surface area contributed by atoms with Gasteiger partial charge in [0.05, 0.1) is 6.10 Å². The Morgan fingerprint density at radius 3 is 1.56 bits per heavy atom. The summed E-state index contributed by atoms with van der Waals surface area (Å²) < 4.78 is 5.64. The summed E-state index contributed by atoms with van der Waals surface area (Å²) in [5, 5.41) is 3.19. The monoisotopic (exact) mass is 748 g/mol. The van der Waals surface area contributed by atoms with Crippen molar-refractivity contribution < 1.29 is 9.53 Å². The number of ether oxygens (including phenoxy) is 1. The van der Waals surface area contributed by atoms with Gasteiger partial charge in [-0.1, -0.05) is 176 Å². The molecule has 2 aromatic carbocycles. The Bertz CT molecular complexity index is 1030. The van der Waals surface area contributed by atoms with Crippen LogP contribution in [0.25, 0.3) is 0 Å². The quantitative estimate of drug-likeness (QED) is 0.0616. The van der Waals surface area contributed by atoms with Gasteiger partial charge in [0.15, 0.2) is 0 Å². The molecule has 0 radical (unpaired) electrons. The minimum Gasteiger partial charge on any atom is -0.381 e. The van der Waals surface area contributed by atoms with E-state index in [0.29, 0.717) is 11.9 Å². The number of benzene rings is 2. The first-order valence-electron chi connectivity index (χ1n) is 22.6. The van der Waals surface area contributed by atoms with Crippen molar-refractivity contribution in [2.45, 2.75) is 202 Å². The van der Waals surface area contributed by atoms with Gasteiger partial charge in [-0.25, -0.2) is 0 Å². The zero-order chi connectivity index (χ0) is 40.1. The maximum absolute atomic E-state index is 10.9. The highest BCUT2D eigenvalue weighted by Crippen LogP contribution is 2.22. The molecule has 310 valence electrons. The molecule has 0 spiro atoms. The summed E-state index contributed by atoms with van der Waals surface area (Å²) in [6.45, 7) is 17.8. The highest BCUT2D eigenvalue weighted by molar-refractivity contribution is 5.75. The molecule has 54 heavy (non-hydrogen) atoms. The number of carbonyl (C=O) groups is 1. The van der Waals surface area contributed by atoms with Crippen molar-refractivity contribution in [2.24, 2.45) is 11.8 Å². The molecule has 2 aromatic rings. The van der Waals surface area contributed by atoms with Crippen molar-refractivity contribution in [3.8, 4) is 0 Å². The molecule has 0 saturated carbocycles. The molecule has 0 saturated heterocycles. The van der Waals surface area contributed by atoms with Gasteiger partial charge in [0.25, 0.3) is 0 Å². The molecule has 0 amide bonds. The number of aryl methyl sites for hydroxylation is 4. The van der Waals surface area contributed by atoms with E-state index in [1.54, 1.807) is 6.92 Å². The number of unbranched alkanes of at least 4 members (excludes halogenated alkanes) is 9. The van der Waals surface area contributed by atoms with E-state index in [1.165, 1.54) is 131 Å². The number of ketones is 1. The topological polar surface area (TPSA) is 38.3 Å². The van der Waals surface area contributed by atoms with E-state index < -0.39 is 0 Å². The van der Waals surface area contributed by atoms with E-state index in [-0.39, 0.29) is 0 Å². The first kappa shape index (κ1) is 51.8. The molecule has 2 rings (SSSR count). The van der Waals surface area contributed by atoms with Crippen LogP contribution in [0.15, 0.2) is 61.2 Å². The van der Waals surface area contributed by atoms with Gasteiger partial charge < -0.3 is 14.8 Å². The smallest absolute Gasteiger partial charge is 0.129 e. The van der Waals surface area contributed by atoms with Crippen molar-refractivity contribution in [1.82, 2.24) is 5.32 Å². The summed E-state index contributed by atoms with van der Waals surface area (Å²) in [6, 6.07) is 17.6. The number of allylic oxidation sites excluding steroid dienone is 1. The zero-order valence-corrected chi connectivity index (χ0v) is 37.1. The van der Waals surface area contributed by atoms with Crippen LogP contribution in [0.3, 0.4) is 0 Å². The summed E-state index contributed by atoms with van der Waals surface area (Å²) in [4.78, 5) is 10.9. The fourth-order valence-corrected chi connectivity index (χ4v) is 7.07. The second-order valence-corrected chi connectivity index (χ2v) is 16.3. The summed E-state index contributed by atoms with van der Waals surface area (Å²) in [7, 11) is 3.83. The fraction of sp³-hybridized carbons (Fsp3) is 0.706. The van der Waals surface area contributed by atoms with Crippen molar-refractivity contribution in [1.29, 1.82) is 0 Å². The van der Waals surface area contributed by atoms with Crippen LogP contribution in [0.1, 0.15) is 191 Å². The van der Waals surface area contributed by atoms with Crippen molar-refractivity contribution in [2.75, 3.05) is 20.7 Å². The van der Waals surface area contributed by atoms with Crippen molar-refractivity contribution in [3.63, 3.8) is 0 Å². The number of hydrogen-bond acceptors (Lipinski definition) is 3.